The van der Waals surface area contributed by atoms with Crippen LogP contribution in [0.15, 0.2) is 12.7 Å². The van der Waals surface area contributed by atoms with Crippen LogP contribution in [0, 0.1) is 22.7 Å². The number of rotatable bonds is 1. The second-order valence-corrected chi connectivity index (χ2v) is 9.55. The summed E-state index contributed by atoms with van der Waals surface area (Å²) < 4.78 is 6.54. The maximum Gasteiger partial charge on any atom is 0.110 e. The molecule has 1 N–H and O–H groups in total. The standard InChI is InChI=1S/C20H34O2/c1-7-19(5)16(21)13-15-18(4)11-8-10-17(2,3)14(18)9-12-20(15,6)22-19/h7,14-16,21H,1,8-13H2,2-6H3/t14-,15-,16-,18-,19+,20+/m1/s1. The molecule has 0 aromatic rings. The molecule has 2 saturated carbocycles. The first kappa shape index (κ1) is 16.5. The molecule has 3 aliphatic rings. The Morgan fingerprint density at radius 3 is 2.36 bits per heavy atom. The van der Waals surface area contributed by atoms with Gasteiger partial charge in [-0.15, -0.1) is 6.58 Å². The monoisotopic (exact) mass is 306 g/mol. The predicted octanol–water partition coefficient (Wildman–Crippen LogP) is 4.71. The number of fused-ring (bicyclic) bond motifs is 3. The van der Waals surface area contributed by atoms with Gasteiger partial charge in [-0.3, -0.25) is 0 Å². The van der Waals surface area contributed by atoms with Crippen molar-refractivity contribution in [3.05, 3.63) is 12.7 Å². The zero-order chi connectivity index (χ0) is 16.4. The smallest absolute Gasteiger partial charge is 0.110 e. The molecule has 1 aliphatic heterocycles. The molecule has 2 heteroatoms. The molecule has 0 amide bonds. The van der Waals surface area contributed by atoms with E-state index < -0.39 is 11.7 Å². The van der Waals surface area contributed by atoms with Crippen molar-refractivity contribution in [1.29, 1.82) is 0 Å². The summed E-state index contributed by atoms with van der Waals surface area (Å²) in [4.78, 5) is 0. The summed E-state index contributed by atoms with van der Waals surface area (Å²) in [7, 11) is 0. The van der Waals surface area contributed by atoms with Gasteiger partial charge in [0.2, 0.25) is 0 Å². The highest BCUT2D eigenvalue weighted by atomic mass is 16.5. The van der Waals surface area contributed by atoms with Gasteiger partial charge in [0.1, 0.15) is 5.60 Å². The third-order valence-electron chi connectivity index (χ3n) is 7.72. The number of ether oxygens (including phenoxy) is 1. The lowest BCUT2D eigenvalue weighted by Gasteiger charge is -2.65. The molecule has 0 unspecified atom stereocenters. The van der Waals surface area contributed by atoms with Crippen molar-refractivity contribution >= 4 is 0 Å². The molecule has 6 atom stereocenters. The van der Waals surface area contributed by atoms with Crippen LogP contribution >= 0.6 is 0 Å². The van der Waals surface area contributed by atoms with Crippen LogP contribution in [-0.2, 0) is 4.74 Å². The second kappa shape index (κ2) is 4.83. The van der Waals surface area contributed by atoms with Gasteiger partial charge in [-0.05, 0) is 68.6 Å². The van der Waals surface area contributed by atoms with Crippen molar-refractivity contribution in [2.45, 2.75) is 90.4 Å². The highest BCUT2D eigenvalue weighted by Crippen LogP contribution is 2.65. The summed E-state index contributed by atoms with van der Waals surface area (Å²) in [5, 5.41) is 10.7. The van der Waals surface area contributed by atoms with Crippen molar-refractivity contribution < 1.29 is 9.84 Å². The van der Waals surface area contributed by atoms with Gasteiger partial charge >= 0.3 is 0 Å². The van der Waals surface area contributed by atoms with E-state index in [0.29, 0.717) is 11.3 Å². The third kappa shape index (κ3) is 2.13. The molecular formula is C20H34O2. The Bertz CT molecular complexity index is 470. The van der Waals surface area contributed by atoms with E-state index in [0.717, 1.165) is 18.8 Å². The molecule has 0 aromatic carbocycles. The van der Waals surface area contributed by atoms with Gasteiger partial charge < -0.3 is 9.84 Å². The average molecular weight is 306 g/mol. The van der Waals surface area contributed by atoms with Gasteiger partial charge in [0, 0.05) is 0 Å². The molecular weight excluding hydrogens is 272 g/mol. The van der Waals surface area contributed by atoms with Crippen LogP contribution in [0.3, 0.4) is 0 Å². The number of aliphatic hydroxyl groups is 1. The van der Waals surface area contributed by atoms with E-state index in [4.69, 9.17) is 4.74 Å². The quantitative estimate of drug-likeness (QED) is 0.711. The number of hydrogen-bond acceptors (Lipinski definition) is 2. The Balaban J connectivity index is 1.98. The summed E-state index contributed by atoms with van der Waals surface area (Å²) in [6.45, 7) is 15.6. The molecule has 0 aromatic heterocycles. The first-order valence-electron chi connectivity index (χ1n) is 9.09. The van der Waals surface area contributed by atoms with Gasteiger partial charge in [0.15, 0.2) is 0 Å². The minimum absolute atomic E-state index is 0.124. The Morgan fingerprint density at radius 2 is 1.73 bits per heavy atom. The van der Waals surface area contributed by atoms with Crippen LogP contribution in [0.4, 0.5) is 0 Å². The lowest BCUT2D eigenvalue weighted by Crippen LogP contribution is -2.65. The second-order valence-electron chi connectivity index (χ2n) is 9.55. The van der Waals surface area contributed by atoms with Gasteiger partial charge in [-0.2, -0.15) is 0 Å². The van der Waals surface area contributed by atoms with E-state index >= 15 is 0 Å². The topological polar surface area (TPSA) is 29.5 Å². The van der Waals surface area contributed by atoms with Crippen molar-refractivity contribution in [2.75, 3.05) is 0 Å². The lowest BCUT2D eigenvalue weighted by atomic mass is 9.44. The Labute approximate surface area is 136 Å². The van der Waals surface area contributed by atoms with Crippen molar-refractivity contribution in [3.63, 3.8) is 0 Å². The molecule has 3 fully saturated rings. The number of hydrogen-bond donors (Lipinski definition) is 1. The van der Waals surface area contributed by atoms with Crippen LogP contribution in [0.5, 0.6) is 0 Å². The molecule has 0 spiro atoms. The van der Waals surface area contributed by atoms with E-state index in [2.05, 4.69) is 34.3 Å². The lowest BCUT2D eigenvalue weighted by molar-refractivity contribution is -0.281. The van der Waals surface area contributed by atoms with Crippen LogP contribution in [0.25, 0.3) is 0 Å². The van der Waals surface area contributed by atoms with Crippen LogP contribution in [0.1, 0.15) is 73.1 Å². The van der Waals surface area contributed by atoms with Gasteiger partial charge in [0.25, 0.3) is 0 Å². The maximum atomic E-state index is 10.7. The summed E-state index contributed by atoms with van der Waals surface area (Å²) in [5.74, 6) is 1.19. The third-order valence-corrected chi connectivity index (χ3v) is 7.72. The van der Waals surface area contributed by atoms with Gasteiger partial charge in [-0.1, -0.05) is 33.3 Å². The van der Waals surface area contributed by atoms with E-state index in [1.807, 2.05) is 6.92 Å². The molecule has 1 saturated heterocycles. The SMILES string of the molecule is C=C[C@]1(C)O[C@@]2(C)CC[C@@H]3C(C)(C)CCC[C@@]3(C)[C@H]2C[C@H]1O. The summed E-state index contributed by atoms with van der Waals surface area (Å²) in [6.07, 6.45) is 8.50. The van der Waals surface area contributed by atoms with Gasteiger partial charge in [-0.25, -0.2) is 0 Å². The minimum atomic E-state index is -0.599. The van der Waals surface area contributed by atoms with Crippen molar-refractivity contribution in [1.82, 2.24) is 0 Å². The van der Waals surface area contributed by atoms with E-state index in [-0.39, 0.29) is 11.0 Å². The molecule has 2 nitrogen and oxygen atoms in total. The summed E-state index contributed by atoms with van der Waals surface area (Å²) in [5.41, 5.74) is -0.0177. The zero-order valence-electron chi connectivity index (χ0n) is 15.1. The zero-order valence-corrected chi connectivity index (χ0v) is 15.1. The Hall–Kier alpha value is -0.340. The Morgan fingerprint density at radius 1 is 1.05 bits per heavy atom. The first-order valence-corrected chi connectivity index (χ1v) is 9.09. The fourth-order valence-corrected chi connectivity index (χ4v) is 6.45. The van der Waals surface area contributed by atoms with Crippen LogP contribution in [0.2, 0.25) is 0 Å². The molecule has 0 radical (unpaired) electrons. The minimum Gasteiger partial charge on any atom is -0.390 e. The molecule has 1 heterocycles. The van der Waals surface area contributed by atoms with Crippen LogP contribution in [-0.4, -0.2) is 22.4 Å². The van der Waals surface area contributed by atoms with E-state index in [9.17, 15) is 5.11 Å². The largest absolute Gasteiger partial charge is 0.390 e. The number of aliphatic hydroxyl groups excluding tert-OH is 1. The predicted molar refractivity (Wildman–Crippen MR) is 90.7 cm³/mol. The van der Waals surface area contributed by atoms with Gasteiger partial charge in [0.05, 0.1) is 11.7 Å². The molecule has 22 heavy (non-hydrogen) atoms. The highest BCUT2D eigenvalue weighted by Gasteiger charge is 2.62. The summed E-state index contributed by atoms with van der Waals surface area (Å²) >= 11 is 0. The first-order chi connectivity index (χ1) is 10.1. The highest BCUT2D eigenvalue weighted by molar-refractivity contribution is 5.15. The summed E-state index contributed by atoms with van der Waals surface area (Å²) in [6, 6.07) is 0. The van der Waals surface area contributed by atoms with Crippen molar-refractivity contribution in [2.24, 2.45) is 22.7 Å². The Kier molecular flexibility index (Phi) is 3.63. The normalized spacial score (nSPS) is 54.2. The van der Waals surface area contributed by atoms with Crippen LogP contribution < -0.4 is 0 Å². The maximum absolute atomic E-state index is 10.7. The molecule has 126 valence electrons. The average Bonchev–Trinajstić information content (AvgIpc) is 2.40. The van der Waals surface area contributed by atoms with Crippen molar-refractivity contribution in [3.8, 4) is 0 Å². The fraction of sp³-hybridized carbons (Fsp3) is 0.900. The molecule has 2 aliphatic carbocycles. The molecule has 3 rings (SSSR count). The van der Waals surface area contributed by atoms with E-state index in [1.54, 1.807) is 6.08 Å². The molecule has 0 bridgehead atoms. The fourth-order valence-electron chi connectivity index (χ4n) is 6.45. The van der Waals surface area contributed by atoms with E-state index in [1.165, 1.54) is 25.7 Å².